The highest BCUT2D eigenvalue weighted by molar-refractivity contribution is 5.53. The topological polar surface area (TPSA) is 15.3 Å². The van der Waals surface area contributed by atoms with Gasteiger partial charge in [-0.3, -0.25) is 0 Å². The molecular weight excluding hydrogens is 196 g/mol. The van der Waals surface area contributed by atoms with Crippen molar-refractivity contribution in [3.63, 3.8) is 0 Å². The van der Waals surface area contributed by atoms with Gasteiger partial charge in [0.1, 0.15) is 0 Å². The molecule has 2 nitrogen and oxygen atoms in total. The summed E-state index contributed by atoms with van der Waals surface area (Å²) in [6.07, 6.45) is 3.87. The van der Waals surface area contributed by atoms with Crippen LogP contribution in [0.1, 0.15) is 30.9 Å². The van der Waals surface area contributed by atoms with Gasteiger partial charge in [-0.2, -0.15) is 0 Å². The summed E-state index contributed by atoms with van der Waals surface area (Å²) in [7, 11) is 0. The number of hydrogen-bond acceptors (Lipinski definition) is 2. The molecular formula is C14H20N2. The number of rotatable bonds is 1. The van der Waals surface area contributed by atoms with Crippen LogP contribution in [0.15, 0.2) is 18.2 Å². The molecule has 0 aliphatic carbocycles. The molecule has 0 spiro atoms. The Labute approximate surface area is 97.6 Å². The minimum Gasteiger partial charge on any atom is -0.369 e. The van der Waals surface area contributed by atoms with Crippen LogP contribution in [0.5, 0.6) is 0 Å². The predicted octanol–water partition coefficient (Wildman–Crippen LogP) is 2.32. The van der Waals surface area contributed by atoms with E-state index in [1.165, 1.54) is 42.6 Å². The van der Waals surface area contributed by atoms with E-state index in [2.05, 4.69) is 35.3 Å². The second-order valence-electron chi connectivity index (χ2n) is 5.06. The Morgan fingerprint density at radius 3 is 3.06 bits per heavy atom. The maximum atomic E-state index is 3.45. The molecule has 1 saturated heterocycles. The molecule has 0 bridgehead atoms. The van der Waals surface area contributed by atoms with Crippen LogP contribution in [0.4, 0.5) is 5.69 Å². The van der Waals surface area contributed by atoms with Gasteiger partial charge in [-0.15, -0.1) is 0 Å². The molecule has 3 rings (SSSR count). The summed E-state index contributed by atoms with van der Waals surface area (Å²) in [5.41, 5.74) is 4.46. The van der Waals surface area contributed by atoms with E-state index in [9.17, 15) is 0 Å². The van der Waals surface area contributed by atoms with Crippen LogP contribution < -0.4 is 10.2 Å². The fourth-order valence-electron chi connectivity index (χ4n) is 2.96. The van der Waals surface area contributed by atoms with Crippen LogP contribution >= 0.6 is 0 Å². The molecule has 16 heavy (non-hydrogen) atoms. The zero-order valence-corrected chi connectivity index (χ0v) is 10.00. The van der Waals surface area contributed by atoms with E-state index in [4.69, 9.17) is 0 Å². The van der Waals surface area contributed by atoms with E-state index in [1.54, 1.807) is 0 Å². The number of anilines is 1. The molecule has 0 saturated carbocycles. The summed E-state index contributed by atoms with van der Waals surface area (Å²) in [6, 6.07) is 7.75. The number of fused-ring (bicyclic) bond motifs is 1. The maximum Gasteiger partial charge on any atom is 0.0372 e. The standard InChI is InChI=1S/C14H20N2/c1-11-3-2-8-16(11)14-5-4-12-6-7-15-10-13(12)9-14/h4-5,9,11,15H,2-3,6-8,10H2,1H3. The first kappa shape index (κ1) is 10.2. The van der Waals surface area contributed by atoms with E-state index in [0.717, 1.165) is 19.1 Å². The second-order valence-corrected chi connectivity index (χ2v) is 5.06. The number of nitrogens with zero attached hydrogens (tertiary/aromatic N) is 1. The van der Waals surface area contributed by atoms with Crippen molar-refractivity contribution in [2.45, 2.75) is 38.8 Å². The van der Waals surface area contributed by atoms with Crippen molar-refractivity contribution in [2.75, 3.05) is 18.0 Å². The molecule has 0 aromatic heterocycles. The Morgan fingerprint density at radius 2 is 2.25 bits per heavy atom. The van der Waals surface area contributed by atoms with Crippen molar-refractivity contribution in [3.8, 4) is 0 Å². The van der Waals surface area contributed by atoms with E-state index >= 15 is 0 Å². The molecule has 1 aromatic rings. The first-order valence-electron chi connectivity index (χ1n) is 6.44. The summed E-state index contributed by atoms with van der Waals surface area (Å²) in [6.45, 7) is 5.75. The molecule has 1 aromatic carbocycles. The van der Waals surface area contributed by atoms with Crippen molar-refractivity contribution in [2.24, 2.45) is 0 Å². The Bertz CT molecular complexity index is 386. The first-order chi connectivity index (χ1) is 7.84. The van der Waals surface area contributed by atoms with Gasteiger partial charge in [0.15, 0.2) is 0 Å². The Balaban J connectivity index is 1.90. The summed E-state index contributed by atoms with van der Waals surface area (Å²) < 4.78 is 0. The maximum absolute atomic E-state index is 3.45. The van der Waals surface area contributed by atoms with Gasteiger partial charge in [-0.25, -0.2) is 0 Å². The molecule has 1 N–H and O–H groups in total. The highest BCUT2D eigenvalue weighted by Crippen LogP contribution is 2.28. The molecule has 2 aliphatic heterocycles. The molecule has 2 heteroatoms. The van der Waals surface area contributed by atoms with Crippen molar-refractivity contribution in [1.82, 2.24) is 5.32 Å². The van der Waals surface area contributed by atoms with Crippen molar-refractivity contribution >= 4 is 5.69 Å². The second kappa shape index (κ2) is 4.10. The lowest BCUT2D eigenvalue weighted by molar-refractivity contribution is 0.642. The average Bonchev–Trinajstić information content (AvgIpc) is 2.75. The molecule has 0 amide bonds. The van der Waals surface area contributed by atoms with E-state index in [-0.39, 0.29) is 0 Å². The van der Waals surface area contributed by atoms with Crippen LogP contribution in [0.25, 0.3) is 0 Å². The SMILES string of the molecule is CC1CCCN1c1ccc2c(c1)CNCC2. The number of nitrogens with one attached hydrogen (secondary N) is 1. The molecule has 2 aliphatic rings. The predicted molar refractivity (Wildman–Crippen MR) is 67.9 cm³/mol. The van der Waals surface area contributed by atoms with Crippen LogP contribution in [-0.4, -0.2) is 19.1 Å². The molecule has 1 fully saturated rings. The summed E-state index contributed by atoms with van der Waals surface area (Å²) in [4.78, 5) is 2.55. The lowest BCUT2D eigenvalue weighted by Gasteiger charge is -2.26. The van der Waals surface area contributed by atoms with E-state index < -0.39 is 0 Å². The van der Waals surface area contributed by atoms with Crippen molar-refractivity contribution in [1.29, 1.82) is 0 Å². The molecule has 0 radical (unpaired) electrons. The number of hydrogen-bond donors (Lipinski definition) is 1. The van der Waals surface area contributed by atoms with Gasteiger partial charge in [0.2, 0.25) is 0 Å². The van der Waals surface area contributed by atoms with Crippen LogP contribution in [0.3, 0.4) is 0 Å². The molecule has 2 heterocycles. The monoisotopic (exact) mass is 216 g/mol. The van der Waals surface area contributed by atoms with Gasteiger partial charge in [0.05, 0.1) is 0 Å². The Morgan fingerprint density at radius 1 is 1.31 bits per heavy atom. The summed E-state index contributed by atoms with van der Waals surface area (Å²) in [5.74, 6) is 0. The third-order valence-electron chi connectivity index (χ3n) is 3.96. The van der Waals surface area contributed by atoms with Crippen LogP contribution in [-0.2, 0) is 13.0 Å². The van der Waals surface area contributed by atoms with Gasteiger partial charge in [0, 0.05) is 24.8 Å². The summed E-state index contributed by atoms with van der Waals surface area (Å²) in [5, 5.41) is 3.45. The van der Waals surface area contributed by atoms with Gasteiger partial charge in [-0.1, -0.05) is 6.07 Å². The molecule has 86 valence electrons. The normalized spacial score (nSPS) is 24.6. The number of benzene rings is 1. The smallest absolute Gasteiger partial charge is 0.0372 e. The Hall–Kier alpha value is -1.02. The highest BCUT2D eigenvalue weighted by Gasteiger charge is 2.21. The van der Waals surface area contributed by atoms with Gasteiger partial charge in [-0.05, 0) is 56.0 Å². The first-order valence-corrected chi connectivity index (χ1v) is 6.44. The lowest BCUT2D eigenvalue weighted by atomic mass is 10.00. The van der Waals surface area contributed by atoms with Crippen molar-refractivity contribution < 1.29 is 0 Å². The van der Waals surface area contributed by atoms with Gasteiger partial charge >= 0.3 is 0 Å². The third kappa shape index (κ3) is 1.71. The van der Waals surface area contributed by atoms with Crippen LogP contribution in [0, 0.1) is 0 Å². The fraction of sp³-hybridized carbons (Fsp3) is 0.571. The van der Waals surface area contributed by atoms with Gasteiger partial charge < -0.3 is 10.2 Å². The zero-order chi connectivity index (χ0) is 11.0. The van der Waals surface area contributed by atoms with Crippen LogP contribution in [0.2, 0.25) is 0 Å². The largest absolute Gasteiger partial charge is 0.369 e. The minimum absolute atomic E-state index is 0.717. The van der Waals surface area contributed by atoms with E-state index in [1.807, 2.05) is 0 Å². The zero-order valence-electron chi connectivity index (χ0n) is 10.00. The quantitative estimate of drug-likeness (QED) is 0.775. The average molecular weight is 216 g/mol. The highest BCUT2D eigenvalue weighted by atomic mass is 15.2. The van der Waals surface area contributed by atoms with E-state index in [0.29, 0.717) is 0 Å². The fourth-order valence-corrected chi connectivity index (χ4v) is 2.96. The lowest BCUT2D eigenvalue weighted by Crippen LogP contribution is -2.28. The minimum atomic E-state index is 0.717. The Kier molecular flexibility index (Phi) is 2.60. The van der Waals surface area contributed by atoms with Crippen molar-refractivity contribution in [3.05, 3.63) is 29.3 Å². The summed E-state index contributed by atoms with van der Waals surface area (Å²) >= 11 is 0. The third-order valence-corrected chi connectivity index (χ3v) is 3.96. The van der Waals surface area contributed by atoms with Gasteiger partial charge in [0.25, 0.3) is 0 Å². The molecule has 1 atom stereocenters. The molecule has 1 unspecified atom stereocenters.